The molecular weight excluding hydrogens is 316 g/mol. The molecule has 0 aromatic carbocycles. The Morgan fingerprint density at radius 3 is 3.00 bits per heavy atom. The topological polar surface area (TPSA) is 90.1 Å². The number of hydrogen-bond donors (Lipinski definition) is 1. The number of aromatic nitrogens is 3. The minimum absolute atomic E-state index is 0.0463. The van der Waals surface area contributed by atoms with Gasteiger partial charge in [0.05, 0.1) is 30.6 Å². The number of nitrogens with zero attached hydrogens (tertiary/aromatic N) is 3. The number of carbonyl (C=O) groups excluding carboxylic acids is 1. The monoisotopic (exact) mass is 336 g/mol. The first-order valence-electron chi connectivity index (χ1n) is 7.67. The third-order valence-electron chi connectivity index (χ3n) is 3.92. The van der Waals surface area contributed by atoms with Crippen molar-refractivity contribution in [3.8, 4) is 0 Å². The zero-order valence-corrected chi connectivity index (χ0v) is 14.2. The summed E-state index contributed by atoms with van der Waals surface area (Å²) in [7, 11) is 0. The molecule has 1 N–H and O–H groups in total. The van der Waals surface area contributed by atoms with E-state index in [0.717, 1.165) is 28.7 Å². The summed E-state index contributed by atoms with van der Waals surface area (Å²) in [6.45, 7) is 7.00. The Bertz CT molecular complexity index is 682. The third-order valence-corrected chi connectivity index (χ3v) is 4.66. The Labute approximate surface area is 138 Å². The number of aryl methyl sites for hydroxylation is 1. The van der Waals surface area contributed by atoms with Crippen LogP contribution in [0.15, 0.2) is 10.6 Å². The predicted molar refractivity (Wildman–Crippen MR) is 84.5 cm³/mol. The van der Waals surface area contributed by atoms with Crippen LogP contribution in [0.25, 0.3) is 0 Å². The first kappa shape index (κ1) is 16.1. The molecule has 1 aliphatic rings. The van der Waals surface area contributed by atoms with Gasteiger partial charge in [-0.3, -0.25) is 4.79 Å². The maximum Gasteiger partial charge on any atom is 0.265 e. The number of amides is 1. The number of nitrogens with one attached hydrogen (secondary N) is 1. The van der Waals surface area contributed by atoms with Gasteiger partial charge >= 0.3 is 0 Å². The Hall–Kier alpha value is -1.80. The highest BCUT2D eigenvalue weighted by Gasteiger charge is 2.32. The summed E-state index contributed by atoms with van der Waals surface area (Å²) < 4.78 is 14.7. The largest absolute Gasteiger partial charge is 0.379 e. The van der Waals surface area contributed by atoms with E-state index in [-0.39, 0.29) is 23.8 Å². The summed E-state index contributed by atoms with van der Waals surface area (Å²) >= 11 is 1.14. The first-order valence-corrected chi connectivity index (χ1v) is 8.45. The van der Waals surface area contributed by atoms with Gasteiger partial charge in [0.25, 0.3) is 5.91 Å². The zero-order chi connectivity index (χ0) is 16.4. The van der Waals surface area contributed by atoms with Gasteiger partial charge in [0.1, 0.15) is 10.6 Å². The molecule has 2 aromatic heterocycles. The summed E-state index contributed by atoms with van der Waals surface area (Å²) in [6, 6.07) is 1.87. The van der Waals surface area contributed by atoms with Crippen molar-refractivity contribution in [2.75, 3.05) is 13.2 Å². The molecule has 1 fully saturated rings. The zero-order valence-electron chi connectivity index (χ0n) is 13.4. The number of hydrogen-bond acceptors (Lipinski definition) is 7. The van der Waals surface area contributed by atoms with E-state index in [2.05, 4.69) is 20.1 Å². The Balaban J connectivity index is 1.66. The van der Waals surface area contributed by atoms with Crippen molar-refractivity contribution in [2.45, 2.75) is 39.2 Å². The van der Waals surface area contributed by atoms with Gasteiger partial charge in [0.2, 0.25) is 0 Å². The second-order valence-electron chi connectivity index (χ2n) is 6.16. The maximum absolute atomic E-state index is 12.5. The second kappa shape index (κ2) is 6.76. The van der Waals surface area contributed by atoms with Crippen molar-refractivity contribution in [3.05, 3.63) is 28.1 Å². The van der Waals surface area contributed by atoms with E-state index in [1.807, 2.05) is 26.8 Å². The second-order valence-corrected chi connectivity index (χ2v) is 6.91. The SMILES string of the molecule is Cc1cc(C[C@@H]2COC[C@@H]2NC(=O)c2snnc2C(C)C)on1. The van der Waals surface area contributed by atoms with Crippen LogP contribution in [-0.2, 0) is 11.2 Å². The molecule has 23 heavy (non-hydrogen) atoms. The van der Waals surface area contributed by atoms with Crippen LogP contribution in [0.3, 0.4) is 0 Å². The fourth-order valence-electron chi connectivity index (χ4n) is 2.70. The molecule has 1 aliphatic heterocycles. The van der Waals surface area contributed by atoms with Gasteiger partial charge in [0, 0.05) is 18.4 Å². The highest BCUT2D eigenvalue weighted by Crippen LogP contribution is 2.23. The molecule has 3 heterocycles. The van der Waals surface area contributed by atoms with Crippen molar-refractivity contribution in [1.82, 2.24) is 20.1 Å². The lowest BCUT2D eigenvalue weighted by atomic mass is 9.98. The molecule has 8 heteroatoms. The molecule has 3 rings (SSSR count). The van der Waals surface area contributed by atoms with E-state index < -0.39 is 0 Å². The summed E-state index contributed by atoms with van der Waals surface area (Å²) in [6.07, 6.45) is 0.698. The van der Waals surface area contributed by atoms with Gasteiger partial charge < -0.3 is 14.6 Å². The minimum Gasteiger partial charge on any atom is -0.379 e. The van der Waals surface area contributed by atoms with Crippen molar-refractivity contribution in [2.24, 2.45) is 5.92 Å². The van der Waals surface area contributed by atoms with Crippen molar-refractivity contribution in [1.29, 1.82) is 0 Å². The molecule has 1 amide bonds. The minimum atomic E-state index is -0.127. The van der Waals surface area contributed by atoms with Gasteiger partial charge in [-0.15, -0.1) is 5.10 Å². The van der Waals surface area contributed by atoms with E-state index >= 15 is 0 Å². The van der Waals surface area contributed by atoms with Crippen LogP contribution < -0.4 is 5.32 Å². The number of rotatable bonds is 5. The highest BCUT2D eigenvalue weighted by atomic mass is 32.1. The number of ether oxygens (including phenoxy) is 1. The molecule has 1 saturated heterocycles. The van der Waals surface area contributed by atoms with E-state index in [9.17, 15) is 4.79 Å². The quantitative estimate of drug-likeness (QED) is 0.897. The van der Waals surface area contributed by atoms with Crippen LogP contribution in [0.4, 0.5) is 0 Å². The van der Waals surface area contributed by atoms with Crippen LogP contribution in [0, 0.1) is 12.8 Å². The molecular formula is C15H20N4O3S. The average molecular weight is 336 g/mol. The van der Waals surface area contributed by atoms with Crippen molar-refractivity contribution >= 4 is 17.4 Å². The molecule has 0 radical (unpaired) electrons. The molecule has 2 atom stereocenters. The van der Waals surface area contributed by atoms with Crippen molar-refractivity contribution < 1.29 is 14.1 Å². The molecule has 7 nitrogen and oxygen atoms in total. The van der Waals surface area contributed by atoms with Crippen LogP contribution in [0.1, 0.15) is 46.6 Å². The van der Waals surface area contributed by atoms with E-state index in [0.29, 0.717) is 24.5 Å². The van der Waals surface area contributed by atoms with Crippen LogP contribution in [-0.4, -0.2) is 39.9 Å². The normalized spacial score (nSPS) is 21.0. The fraction of sp³-hybridized carbons (Fsp3) is 0.600. The molecule has 0 saturated carbocycles. The standard InChI is InChI=1S/C15H20N4O3S/c1-8(2)13-14(23-19-17-13)15(20)16-12-7-21-6-10(12)5-11-4-9(3)18-22-11/h4,8,10,12H,5-7H2,1-3H3,(H,16,20)/t10-,12+/m1/s1. The van der Waals surface area contributed by atoms with Gasteiger partial charge in [-0.1, -0.05) is 23.5 Å². The lowest BCUT2D eigenvalue weighted by molar-refractivity contribution is 0.0927. The third kappa shape index (κ3) is 3.59. The highest BCUT2D eigenvalue weighted by molar-refractivity contribution is 7.08. The van der Waals surface area contributed by atoms with Gasteiger partial charge in [-0.25, -0.2) is 0 Å². The van der Waals surface area contributed by atoms with Gasteiger partial charge in [-0.2, -0.15) is 0 Å². The molecule has 0 spiro atoms. The Morgan fingerprint density at radius 1 is 1.48 bits per heavy atom. The average Bonchev–Trinajstić information content (AvgIpc) is 3.21. The maximum atomic E-state index is 12.5. The first-order chi connectivity index (χ1) is 11.0. The van der Waals surface area contributed by atoms with Crippen LogP contribution in [0.5, 0.6) is 0 Å². The molecule has 0 unspecified atom stereocenters. The van der Waals surface area contributed by atoms with Crippen LogP contribution in [0.2, 0.25) is 0 Å². The van der Waals surface area contributed by atoms with Crippen LogP contribution >= 0.6 is 11.5 Å². The fourth-order valence-corrected chi connectivity index (χ4v) is 3.42. The number of carbonyl (C=O) groups is 1. The van der Waals surface area contributed by atoms with E-state index in [4.69, 9.17) is 9.26 Å². The van der Waals surface area contributed by atoms with E-state index in [1.165, 1.54) is 0 Å². The molecule has 2 aromatic rings. The van der Waals surface area contributed by atoms with Gasteiger partial charge in [-0.05, 0) is 24.4 Å². The predicted octanol–water partition coefficient (Wildman–Crippen LogP) is 1.95. The smallest absolute Gasteiger partial charge is 0.265 e. The molecule has 0 aliphatic carbocycles. The van der Waals surface area contributed by atoms with E-state index in [1.54, 1.807) is 0 Å². The lowest BCUT2D eigenvalue weighted by Gasteiger charge is -2.17. The summed E-state index contributed by atoms with van der Waals surface area (Å²) in [5, 5.41) is 11.0. The molecule has 124 valence electrons. The lowest BCUT2D eigenvalue weighted by Crippen LogP contribution is -2.40. The van der Waals surface area contributed by atoms with Gasteiger partial charge in [0.15, 0.2) is 0 Å². The Morgan fingerprint density at radius 2 is 2.30 bits per heavy atom. The summed E-state index contributed by atoms with van der Waals surface area (Å²) in [4.78, 5) is 13.1. The summed E-state index contributed by atoms with van der Waals surface area (Å²) in [5.74, 6) is 1.04. The summed E-state index contributed by atoms with van der Waals surface area (Å²) in [5.41, 5.74) is 1.60. The Kier molecular flexibility index (Phi) is 4.72. The van der Waals surface area contributed by atoms with Crippen molar-refractivity contribution in [3.63, 3.8) is 0 Å². The molecule has 0 bridgehead atoms.